The maximum atomic E-state index is 12.7. The third kappa shape index (κ3) is 1.77. The van der Waals surface area contributed by atoms with E-state index in [0.717, 1.165) is 5.33 Å². The summed E-state index contributed by atoms with van der Waals surface area (Å²) in [4.78, 5) is 3.86. The summed E-state index contributed by atoms with van der Waals surface area (Å²) >= 11 is 3.21. The van der Waals surface area contributed by atoms with Crippen LogP contribution in [-0.2, 0) is 6.42 Å². The van der Waals surface area contributed by atoms with Gasteiger partial charge in [0.25, 0.3) is 0 Å². The molecule has 1 nitrogen and oxygen atoms in total. The van der Waals surface area contributed by atoms with Gasteiger partial charge in [-0.2, -0.15) is 0 Å². The van der Waals surface area contributed by atoms with Crippen molar-refractivity contribution < 1.29 is 4.39 Å². The first-order valence-corrected chi connectivity index (χ1v) is 4.12. The van der Waals surface area contributed by atoms with Gasteiger partial charge in [-0.15, -0.1) is 0 Å². The normalized spacial score (nSPS) is 9.80. The van der Waals surface area contributed by atoms with Crippen LogP contribution in [0.5, 0.6) is 0 Å². The molecule has 0 fully saturated rings. The first-order chi connectivity index (χ1) is 4.84. The van der Waals surface area contributed by atoms with Gasteiger partial charge in [-0.1, -0.05) is 15.9 Å². The van der Waals surface area contributed by atoms with Crippen molar-refractivity contribution in [2.75, 3.05) is 5.33 Å². The van der Waals surface area contributed by atoms with Gasteiger partial charge in [0.2, 0.25) is 0 Å². The van der Waals surface area contributed by atoms with Crippen molar-refractivity contribution in [2.45, 2.75) is 6.42 Å². The largest absolute Gasteiger partial charge is 0.258 e. The van der Waals surface area contributed by atoms with Gasteiger partial charge in [-0.3, -0.25) is 4.98 Å². The molecule has 0 aromatic carbocycles. The molecule has 0 atom stereocenters. The lowest BCUT2D eigenvalue weighted by molar-refractivity contribution is 0.602. The van der Waals surface area contributed by atoms with E-state index in [1.54, 1.807) is 12.3 Å². The lowest BCUT2D eigenvalue weighted by Gasteiger charge is -1.95. The zero-order valence-electron chi connectivity index (χ0n) is 5.35. The molecule has 0 spiro atoms. The Kier molecular flexibility index (Phi) is 2.81. The van der Waals surface area contributed by atoms with Crippen molar-refractivity contribution in [3.63, 3.8) is 0 Å². The lowest BCUT2D eigenvalue weighted by Crippen LogP contribution is -1.94. The molecular formula is C7H7BrFN. The Labute approximate surface area is 67.4 Å². The summed E-state index contributed by atoms with van der Waals surface area (Å²) in [6.07, 6.45) is 2.24. The van der Waals surface area contributed by atoms with Gasteiger partial charge >= 0.3 is 0 Å². The molecule has 1 aromatic rings. The highest BCUT2D eigenvalue weighted by Crippen LogP contribution is 2.03. The van der Waals surface area contributed by atoms with Gasteiger partial charge in [0, 0.05) is 17.9 Å². The Hall–Kier alpha value is -0.440. The average molecular weight is 204 g/mol. The highest BCUT2D eigenvalue weighted by atomic mass is 79.9. The lowest BCUT2D eigenvalue weighted by atomic mass is 10.3. The summed E-state index contributed by atoms with van der Waals surface area (Å²) in [6, 6.07) is 3.01. The van der Waals surface area contributed by atoms with Gasteiger partial charge in [0.15, 0.2) is 0 Å². The monoisotopic (exact) mass is 203 g/mol. The molecule has 1 aromatic heterocycles. The van der Waals surface area contributed by atoms with Crippen LogP contribution in [-0.4, -0.2) is 10.3 Å². The molecular weight excluding hydrogens is 197 g/mol. The number of hydrogen-bond donors (Lipinski definition) is 0. The highest BCUT2D eigenvalue weighted by Gasteiger charge is 1.98. The van der Waals surface area contributed by atoms with Crippen LogP contribution in [0.4, 0.5) is 4.39 Å². The number of pyridine rings is 1. The molecule has 0 unspecified atom stereocenters. The predicted molar refractivity (Wildman–Crippen MR) is 41.7 cm³/mol. The number of nitrogens with zero attached hydrogens (tertiary/aromatic N) is 1. The minimum absolute atomic E-state index is 0.220. The Morgan fingerprint density at radius 3 is 3.00 bits per heavy atom. The van der Waals surface area contributed by atoms with E-state index in [-0.39, 0.29) is 5.82 Å². The minimum atomic E-state index is -0.220. The molecule has 0 aliphatic rings. The van der Waals surface area contributed by atoms with Crippen molar-refractivity contribution in [3.8, 4) is 0 Å². The molecule has 0 bridgehead atoms. The first kappa shape index (κ1) is 7.66. The van der Waals surface area contributed by atoms with Crippen LogP contribution in [0.15, 0.2) is 18.3 Å². The first-order valence-electron chi connectivity index (χ1n) is 3.00. The summed E-state index contributed by atoms with van der Waals surface area (Å²) < 4.78 is 12.7. The summed E-state index contributed by atoms with van der Waals surface area (Å²) in [6.45, 7) is 0. The SMILES string of the molecule is Fc1cccnc1CCBr. The Bertz CT molecular complexity index is 215. The number of hydrogen-bond acceptors (Lipinski definition) is 1. The van der Waals surface area contributed by atoms with Crippen molar-refractivity contribution in [3.05, 3.63) is 29.8 Å². The fraction of sp³-hybridized carbons (Fsp3) is 0.286. The Morgan fingerprint density at radius 2 is 2.40 bits per heavy atom. The van der Waals surface area contributed by atoms with E-state index in [9.17, 15) is 4.39 Å². The standard InChI is InChI=1S/C7H7BrFN/c8-4-3-7-6(9)2-1-5-10-7/h1-2,5H,3-4H2. The van der Waals surface area contributed by atoms with Crippen LogP contribution >= 0.6 is 15.9 Å². The maximum Gasteiger partial charge on any atom is 0.144 e. The quantitative estimate of drug-likeness (QED) is 0.672. The van der Waals surface area contributed by atoms with Crippen molar-refractivity contribution in [1.82, 2.24) is 4.98 Å². The molecule has 10 heavy (non-hydrogen) atoms. The minimum Gasteiger partial charge on any atom is -0.258 e. The smallest absolute Gasteiger partial charge is 0.144 e. The predicted octanol–water partition coefficient (Wildman–Crippen LogP) is 2.16. The Balaban J connectivity index is 2.81. The van der Waals surface area contributed by atoms with Gasteiger partial charge in [-0.05, 0) is 12.1 Å². The van der Waals surface area contributed by atoms with Crippen LogP contribution in [0.3, 0.4) is 0 Å². The highest BCUT2D eigenvalue weighted by molar-refractivity contribution is 9.09. The maximum absolute atomic E-state index is 12.7. The van der Waals surface area contributed by atoms with E-state index in [1.807, 2.05) is 0 Å². The number of aryl methyl sites for hydroxylation is 1. The molecule has 0 saturated heterocycles. The van der Waals surface area contributed by atoms with E-state index < -0.39 is 0 Å². The van der Waals surface area contributed by atoms with Crippen LogP contribution in [0.2, 0.25) is 0 Å². The molecule has 0 saturated carbocycles. The average Bonchev–Trinajstić information content (AvgIpc) is 1.94. The third-order valence-corrected chi connectivity index (χ3v) is 1.56. The molecule has 0 aliphatic heterocycles. The number of halogens is 2. The number of aromatic nitrogens is 1. The summed E-state index contributed by atoms with van der Waals surface area (Å²) in [5, 5.41) is 0.751. The molecule has 0 radical (unpaired) electrons. The summed E-state index contributed by atoms with van der Waals surface area (Å²) in [7, 11) is 0. The van der Waals surface area contributed by atoms with Crippen LogP contribution < -0.4 is 0 Å². The zero-order valence-corrected chi connectivity index (χ0v) is 6.94. The van der Waals surface area contributed by atoms with Crippen molar-refractivity contribution >= 4 is 15.9 Å². The fourth-order valence-electron chi connectivity index (χ4n) is 0.692. The van der Waals surface area contributed by atoms with E-state index in [2.05, 4.69) is 20.9 Å². The zero-order chi connectivity index (χ0) is 7.40. The number of rotatable bonds is 2. The van der Waals surface area contributed by atoms with Crippen LogP contribution in [0.1, 0.15) is 5.69 Å². The molecule has 1 heterocycles. The van der Waals surface area contributed by atoms with Crippen LogP contribution in [0, 0.1) is 5.82 Å². The van der Waals surface area contributed by atoms with Gasteiger partial charge < -0.3 is 0 Å². The third-order valence-electron chi connectivity index (χ3n) is 1.17. The molecule has 54 valence electrons. The van der Waals surface area contributed by atoms with Crippen molar-refractivity contribution in [2.24, 2.45) is 0 Å². The van der Waals surface area contributed by atoms with Crippen molar-refractivity contribution in [1.29, 1.82) is 0 Å². The Morgan fingerprint density at radius 1 is 1.60 bits per heavy atom. The van der Waals surface area contributed by atoms with E-state index in [4.69, 9.17) is 0 Å². The molecule has 0 aliphatic carbocycles. The topological polar surface area (TPSA) is 12.9 Å². The molecule has 0 amide bonds. The molecule has 0 N–H and O–H groups in total. The van der Waals surface area contributed by atoms with Gasteiger partial charge in [0.1, 0.15) is 5.82 Å². The second-order valence-electron chi connectivity index (χ2n) is 1.87. The summed E-state index contributed by atoms with van der Waals surface area (Å²) in [5.74, 6) is -0.220. The van der Waals surface area contributed by atoms with Crippen LogP contribution in [0.25, 0.3) is 0 Å². The number of alkyl halides is 1. The second kappa shape index (κ2) is 3.66. The van der Waals surface area contributed by atoms with E-state index in [0.29, 0.717) is 12.1 Å². The molecule has 3 heteroatoms. The summed E-state index contributed by atoms with van der Waals surface area (Å²) in [5.41, 5.74) is 0.527. The van der Waals surface area contributed by atoms with Gasteiger partial charge in [-0.25, -0.2) is 4.39 Å². The second-order valence-corrected chi connectivity index (χ2v) is 2.66. The van der Waals surface area contributed by atoms with E-state index in [1.165, 1.54) is 6.07 Å². The van der Waals surface area contributed by atoms with Gasteiger partial charge in [0.05, 0.1) is 5.69 Å². The fourth-order valence-corrected chi connectivity index (χ4v) is 1.07. The molecule has 1 rings (SSSR count). The van der Waals surface area contributed by atoms with E-state index >= 15 is 0 Å².